The summed E-state index contributed by atoms with van der Waals surface area (Å²) in [4.78, 5) is 13.1. The Morgan fingerprint density at radius 1 is 0.857 bits per heavy atom. The van der Waals surface area contributed by atoms with Crippen molar-refractivity contribution >= 4 is 5.97 Å². The summed E-state index contributed by atoms with van der Waals surface area (Å²) in [6.07, 6.45) is 8.18. The molecule has 0 spiro atoms. The van der Waals surface area contributed by atoms with Crippen molar-refractivity contribution in [3.8, 4) is 0 Å². The number of allylic oxidation sites excluding steroid dienone is 1. The molecule has 5 aliphatic carbocycles. The lowest BCUT2D eigenvalue weighted by Gasteiger charge is -2.73. The molecule has 0 aromatic heterocycles. The van der Waals surface area contributed by atoms with Gasteiger partial charge in [-0.1, -0.05) is 39.8 Å². The quantitative estimate of drug-likeness (QED) is 0.363. The largest absolute Gasteiger partial charge is 0.469 e. The Morgan fingerprint density at radius 2 is 1.49 bits per heavy atom. The standard InChI is InChI=1S/C31H50O4/c1-18(2)19-9-13-27(3)20(19)10-15-30(6)25(27)21(32)17-23-28(4)14-12-24(33)31(7,26(34)35-8)22(28)11-16-29(23,30)5/h19-25,32-33H,1,9-17H2,2-8H3/t19-,20-,21+,22+,23+,24-,25+,27-,28-,29+,30+,31+/m0/s1. The second-order valence-corrected chi connectivity index (χ2v) is 14.7. The van der Waals surface area contributed by atoms with Crippen LogP contribution in [0.2, 0.25) is 0 Å². The zero-order chi connectivity index (χ0) is 25.8. The zero-order valence-corrected chi connectivity index (χ0v) is 23.3. The fourth-order valence-electron chi connectivity index (χ4n) is 12.0. The van der Waals surface area contributed by atoms with Crippen molar-refractivity contribution in [2.75, 3.05) is 7.11 Å². The summed E-state index contributed by atoms with van der Waals surface area (Å²) in [5, 5.41) is 23.1. The van der Waals surface area contributed by atoms with Gasteiger partial charge < -0.3 is 14.9 Å². The second kappa shape index (κ2) is 7.82. The third-order valence-corrected chi connectivity index (χ3v) is 13.8. The van der Waals surface area contributed by atoms with Gasteiger partial charge in [0.15, 0.2) is 0 Å². The van der Waals surface area contributed by atoms with Gasteiger partial charge in [0.1, 0.15) is 0 Å². The lowest BCUT2D eigenvalue weighted by molar-refractivity contribution is -0.277. The van der Waals surface area contributed by atoms with Crippen LogP contribution in [0.4, 0.5) is 0 Å². The van der Waals surface area contributed by atoms with E-state index in [0.717, 1.165) is 25.7 Å². The topological polar surface area (TPSA) is 66.8 Å². The van der Waals surface area contributed by atoms with Crippen LogP contribution in [0.3, 0.4) is 0 Å². The maximum Gasteiger partial charge on any atom is 0.314 e. The van der Waals surface area contributed by atoms with Crippen molar-refractivity contribution < 1.29 is 19.7 Å². The highest BCUT2D eigenvalue weighted by Crippen LogP contribution is 2.78. The number of fused-ring (bicyclic) bond motifs is 7. The Labute approximate surface area is 213 Å². The number of hydrogen-bond donors (Lipinski definition) is 2. The monoisotopic (exact) mass is 486 g/mol. The van der Waals surface area contributed by atoms with E-state index < -0.39 is 11.5 Å². The van der Waals surface area contributed by atoms with Gasteiger partial charge in [0.2, 0.25) is 0 Å². The minimum absolute atomic E-state index is 0.0657. The number of carbonyl (C=O) groups is 1. The molecule has 0 radical (unpaired) electrons. The van der Waals surface area contributed by atoms with Gasteiger partial charge in [-0.15, -0.1) is 0 Å². The van der Waals surface area contributed by atoms with Gasteiger partial charge in [0.25, 0.3) is 0 Å². The molecular formula is C31H50O4. The van der Waals surface area contributed by atoms with Gasteiger partial charge in [-0.2, -0.15) is 0 Å². The summed E-state index contributed by atoms with van der Waals surface area (Å²) in [5.41, 5.74) is 0.679. The molecule has 4 nitrogen and oxygen atoms in total. The van der Waals surface area contributed by atoms with E-state index in [2.05, 4.69) is 41.2 Å². The summed E-state index contributed by atoms with van der Waals surface area (Å²) in [6.45, 7) is 18.4. The Kier molecular flexibility index (Phi) is 5.76. The van der Waals surface area contributed by atoms with Gasteiger partial charge in [-0.25, -0.2) is 0 Å². The van der Waals surface area contributed by atoms with Gasteiger partial charge >= 0.3 is 5.97 Å². The van der Waals surface area contributed by atoms with Crippen LogP contribution >= 0.6 is 0 Å². The molecule has 0 bridgehead atoms. The lowest BCUT2D eigenvalue weighted by atomic mass is 9.31. The Balaban J connectivity index is 1.57. The van der Waals surface area contributed by atoms with E-state index in [1.807, 2.05) is 6.92 Å². The minimum atomic E-state index is -0.879. The molecule has 0 saturated heterocycles. The first-order valence-electron chi connectivity index (χ1n) is 14.3. The molecular weight excluding hydrogens is 436 g/mol. The van der Waals surface area contributed by atoms with Crippen molar-refractivity contribution in [2.45, 2.75) is 112 Å². The molecule has 5 saturated carbocycles. The molecule has 0 unspecified atom stereocenters. The highest BCUT2D eigenvalue weighted by molar-refractivity contribution is 5.78. The van der Waals surface area contributed by atoms with Crippen LogP contribution in [0.15, 0.2) is 12.2 Å². The molecule has 198 valence electrons. The van der Waals surface area contributed by atoms with Crippen LogP contribution in [-0.2, 0) is 9.53 Å². The van der Waals surface area contributed by atoms with Crippen LogP contribution in [-0.4, -0.2) is 35.5 Å². The molecule has 4 heteroatoms. The van der Waals surface area contributed by atoms with Gasteiger partial charge in [-0.3, -0.25) is 4.79 Å². The number of ether oxygens (including phenoxy) is 1. The fraction of sp³-hybridized carbons (Fsp3) is 0.903. The highest BCUT2D eigenvalue weighted by atomic mass is 16.5. The van der Waals surface area contributed by atoms with E-state index in [-0.39, 0.29) is 39.7 Å². The van der Waals surface area contributed by atoms with Gasteiger partial charge in [0, 0.05) is 0 Å². The third kappa shape index (κ3) is 2.96. The SMILES string of the molecule is C=C(C)[C@@H]1CC[C@]2(C)[C@H]3[C@H](O)C[C@@H]4[C@@]5(C)CC[C@H](O)[C@](C)(C(=O)OC)[C@@H]5CC[C@@]4(C)[C@]3(C)CC[C@@H]12. The first-order valence-corrected chi connectivity index (χ1v) is 14.3. The Morgan fingerprint density at radius 3 is 2.11 bits per heavy atom. The highest BCUT2D eigenvalue weighted by Gasteiger charge is 2.73. The molecule has 0 amide bonds. The van der Waals surface area contributed by atoms with Crippen molar-refractivity contribution in [1.82, 2.24) is 0 Å². The summed E-state index contributed by atoms with van der Waals surface area (Å²) >= 11 is 0. The molecule has 5 fully saturated rings. The third-order valence-electron chi connectivity index (χ3n) is 13.8. The van der Waals surface area contributed by atoms with Crippen molar-refractivity contribution in [2.24, 2.45) is 56.7 Å². The molecule has 0 aromatic rings. The van der Waals surface area contributed by atoms with Crippen LogP contribution in [0.25, 0.3) is 0 Å². The average molecular weight is 487 g/mol. The smallest absolute Gasteiger partial charge is 0.314 e. The van der Waals surface area contributed by atoms with E-state index in [4.69, 9.17) is 4.74 Å². The molecule has 0 heterocycles. The number of aliphatic hydroxyl groups excluding tert-OH is 2. The van der Waals surface area contributed by atoms with Crippen LogP contribution in [0.1, 0.15) is 99.3 Å². The number of aliphatic hydroxyl groups is 2. The van der Waals surface area contributed by atoms with Crippen LogP contribution < -0.4 is 0 Å². The first kappa shape index (κ1) is 25.8. The van der Waals surface area contributed by atoms with Gasteiger partial charge in [0.05, 0.1) is 24.7 Å². The van der Waals surface area contributed by atoms with E-state index in [9.17, 15) is 15.0 Å². The second-order valence-electron chi connectivity index (χ2n) is 14.7. The molecule has 2 N–H and O–H groups in total. The molecule has 12 atom stereocenters. The Bertz CT molecular complexity index is 914. The average Bonchev–Trinajstić information content (AvgIpc) is 3.14. The summed E-state index contributed by atoms with van der Waals surface area (Å²) in [5.74, 6) is 1.67. The van der Waals surface area contributed by atoms with E-state index in [1.54, 1.807) is 0 Å². The normalized spacial score (nSPS) is 57.3. The van der Waals surface area contributed by atoms with Crippen molar-refractivity contribution in [3.05, 3.63) is 12.2 Å². The van der Waals surface area contributed by atoms with E-state index in [0.29, 0.717) is 30.1 Å². The van der Waals surface area contributed by atoms with Gasteiger partial charge in [-0.05, 0) is 123 Å². The number of carbonyl (C=O) groups excluding carboxylic acids is 1. The zero-order valence-electron chi connectivity index (χ0n) is 23.3. The predicted octanol–water partition coefficient (Wildman–Crippen LogP) is 6.15. The maximum atomic E-state index is 13.1. The maximum absolute atomic E-state index is 13.1. The van der Waals surface area contributed by atoms with Crippen molar-refractivity contribution in [3.63, 3.8) is 0 Å². The van der Waals surface area contributed by atoms with E-state index >= 15 is 0 Å². The molecule has 0 aliphatic heterocycles. The molecule has 5 rings (SSSR count). The number of hydrogen-bond acceptors (Lipinski definition) is 4. The molecule has 35 heavy (non-hydrogen) atoms. The Hall–Kier alpha value is -0.870. The van der Waals surface area contributed by atoms with Crippen LogP contribution in [0, 0.1) is 56.7 Å². The molecule has 0 aromatic carbocycles. The van der Waals surface area contributed by atoms with E-state index in [1.165, 1.54) is 38.4 Å². The predicted molar refractivity (Wildman–Crippen MR) is 138 cm³/mol. The van der Waals surface area contributed by atoms with Crippen molar-refractivity contribution in [1.29, 1.82) is 0 Å². The summed E-state index contributed by atoms with van der Waals surface area (Å²) in [6, 6.07) is 0. The lowest BCUT2D eigenvalue weighted by Crippen LogP contribution is -2.70. The number of rotatable bonds is 2. The van der Waals surface area contributed by atoms with Crippen LogP contribution in [0.5, 0.6) is 0 Å². The minimum Gasteiger partial charge on any atom is -0.469 e. The number of esters is 1. The summed E-state index contributed by atoms with van der Waals surface area (Å²) in [7, 11) is 1.45. The number of methoxy groups -OCH3 is 1. The molecule has 5 aliphatic rings. The summed E-state index contributed by atoms with van der Waals surface area (Å²) < 4.78 is 5.28. The fourth-order valence-corrected chi connectivity index (χ4v) is 12.0. The first-order chi connectivity index (χ1) is 16.2.